The highest BCUT2D eigenvalue weighted by Gasteiger charge is 2.14. The third-order valence-corrected chi connectivity index (χ3v) is 5.02. The van der Waals surface area contributed by atoms with Gasteiger partial charge in [-0.15, -0.1) is 0 Å². The van der Waals surface area contributed by atoms with Crippen molar-refractivity contribution in [3.63, 3.8) is 0 Å². The topological polar surface area (TPSA) is 77.2 Å². The summed E-state index contributed by atoms with van der Waals surface area (Å²) in [7, 11) is 0. The molecule has 0 spiro atoms. The lowest BCUT2D eigenvalue weighted by Gasteiger charge is -2.21. The Labute approximate surface area is 177 Å². The predicted octanol–water partition coefficient (Wildman–Crippen LogP) is 4.79. The van der Waals surface area contributed by atoms with E-state index in [0.717, 1.165) is 37.9 Å². The van der Waals surface area contributed by atoms with Crippen LogP contribution >= 0.6 is 0 Å². The van der Waals surface area contributed by atoms with E-state index in [-0.39, 0.29) is 11.9 Å². The quantitative estimate of drug-likeness (QED) is 0.478. The van der Waals surface area contributed by atoms with E-state index in [1.165, 1.54) is 10.9 Å². The van der Waals surface area contributed by atoms with Gasteiger partial charge in [0, 0.05) is 48.0 Å². The van der Waals surface area contributed by atoms with Gasteiger partial charge in [0.2, 0.25) is 0 Å². The summed E-state index contributed by atoms with van der Waals surface area (Å²) in [5.74, 6) is 0.0356. The number of hydrogen-bond donors (Lipinski definition) is 3. The van der Waals surface area contributed by atoms with Crippen LogP contribution in [-0.4, -0.2) is 41.5 Å². The first-order chi connectivity index (χ1) is 14.6. The molecule has 30 heavy (non-hydrogen) atoms. The van der Waals surface area contributed by atoms with Gasteiger partial charge < -0.3 is 20.5 Å². The maximum atomic E-state index is 12.6. The van der Waals surface area contributed by atoms with E-state index < -0.39 is 0 Å². The highest BCUT2D eigenvalue weighted by Crippen LogP contribution is 2.17. The number of nitrogens with one attached hydrogen (secondary N) is 3. The van der Waals surface area contributed by atoms with E-state index in [0.29, 0.717) is 17.8 Å². The summed E-state index contributed by atoms with van der Waals surface area (Å²) >= 11 is 0. The van der Waals surface area contributed by atoms with Crippen LogP contribution in [0.25, 0.3) is 10.9 Å². The van der Waals surface area contributed by atoms with Crippen LogP contribution in [0.5, 0.6) is 0 Å². The summed E-state index contributed by atoms with van der Waals surface area (Å²) in [6.07, 6.45) is 4.60. The van der Waals surface area contributed by atoms with Gasteiger partial charge in [0.25, 0.3) is 5.91 Å². The first-order valence-corrected chi connectivity index (χ1v) is 10.6. The molecule has 3 amide bonds. The number of H-pyrrole nitrogens is 1. The fourth-order valence-electron chi connectivity index (χ4n) is 3.56. The van der Waals surface area contributed by atoms with E-state index in [1.807, 2.05) is 29.3 Å². The Morgan fingerprint density at radius 2 is 1.67 bits per heavy atom. The summed E-state index contributed by atoms with van der Waals surface area (Å²) in [6, 6.07) is 14.9. The molecule has 0 radical (unpaired) electrons. The van der Waals surface area contributed by atoms with Crippen molar-refractivity contribution in [2.75, 3.05) is 25.0 Å². The fraction of sp³-hybridized carbons (Fsp3) is 0.333. The largest absolute Gasteiger partial charge is 0.361 e. The summed E-state index contributed by atoms with van der Waals surface area (Å²) in [5, 5.41) is 6.89. The SMILES string of the molecule is CCCN(CCC)C(=O)c1ccc(NC(=O)NCCc2c[nH]c3ccccc23)cc1. The van der Waals surface area contributed by atoms with Crippen LogP contribution in [0.15, 0.2) is 54.7 Å². The number of anilines is 1. The van der Waals surface area contributed by atoms with Crippen LogP contribution in [0, 0.1) is 0 Å². The molecule has 0 saturated heterocycles. The molecule has 3 rings (SSSR count). The van der Waals surface area contributed by atoms with Gasteiger partial charge in [-0.25, -0.2) is 4.79 Å². The van der Waals surface area contributed by atoms with E-state index in [9.17, 15) is 9.59 Å². The minimum Gasteiger partial charge on any atom is -0.361 e. The van der Waals surface area contributed by atoms with Crippen LogP contribution in [-0.2, 0) is 6.42 Å². The number of hydrogen-bond acceptors (Lipinski definition) is 2. The molecule has 0 fully saturated rings. The molecule has 0 aliphatic heterocycles. The van der Waals surface area contributed by atoms with E-state index in [4.69, 9.17) is 0 Å². The number of carbonyl (C=O) groups excluding carboxylic acids is 2. The number of rotatable bonds is 9. The Balaban J connectivity index is 1.50. The average molecular weight is 407 g/mol. The minimum absolute atomic E-state index is 0.0356. The Hall–Kier alpha value is -3.28. The maximum Gasteiger partial charge on any atom is 0.319 e. The molecular weight excluding hydrogens is 376 g/mol. The second kappa shape index (κ2) is 10.5. The van der Waals surface area contributed by atoms with Crippen molar-refractivity contribution < 1.29 is 9.59 Å². The van der Waals surface area contributed by atoms with Gasteiger partial charge in [-0.2, -0.15) is 0 Å². The van der Waals surface area contributed by atoms with Crippen LogP contribution in [0.3, 0.4) is 0 Å². The van der Waals surface area contributed by atoms with Crippen molar-refractivity contribution >= 4 is 28.5 Å². The van der Waals surface area contributed by atoms with Gasteiger partial charge in [-0.1, -0.05) is 32.0 Å². The lowest BCUT2D eigenvalue weighted by Crippen LogP contribution is -2.32. The van der Waals surface area contributed by atoms with Gasteiger partial charge in [-0.05, 0) is 55.2 Å². The second-order valence-electron chi connectivity index (χ2n) is 7.36. The molecule has 6 heteroatoms. The number of carbonyl (C=O) groups is 2. The Bertz CT molecular complexity index is 972. The molecule has 2 aromatic carbocycles. The maximum absolute atomic E-state index is 12.6. The summed E-state index contributed by atoms with van der Waals surface area (Å²) in [5.41, 5.74) is 3.58. The zero-order valence-electron chi connectivity index (χ0n) is 17.7. The van der Waals surface area contributed by atoms with Crippen molar-refractivity contribution in [2.24, 2.45) is 0 Å². The van der Waals surface area contributed by atoms with Crippen molar-refractivity contribution in [1.82, 2.24) is 15.2 Å². The van der Waals surface area contributed by atoms with Gasteiger partial charge in [0.1, 0.15) is 0 Å². The standard InChI is InChI=1S/C24H30N4O2/c1-3-15-28(16-4-2)23(29)18-9-11-20(12-10-18)27-24(30)25-14-13-19-17-26-22-8-6-5-7-21(19)22/h5-12,17,26H,3-4,13-16H2,1-2H3,(H2,25,27,30). The van der Waals surface area contributed by atoms with Crippen LogP contribution < -0.4 is 10.6 Å². The summed E-state index contributed by atoms with van der Waals surface area (Å²) in [4.78, 5) is 29.9. The summed E-state index contributed by atoms with van der Waals surface area (Å²) in [6.45, 7) is 6.18. The average Bonchev–Trinajstić information content (AvgIpc) is 3.17. The smallest absolute Gasteiger partial charge is 0.319 e. The van der Waals surface area contributed by atoms with E-state index in [2.05, 4.69) is 35.5 Å². The van der Waals surface area contributed by atoms with Crippen LogP contribution in [0.2, 0.25) is 0 Å². The highest BCUT2D eigenvalue weighted by atomic mass is 16.2. The number of benzene rings is 2. The van der Waals surface area contributed by atoms with E-state index >= 15 is 0 Å². The zero-order chi connectivity index (χ0) is 21.3. The number of fused-ring (bicyclic) bond motifs is 1. The summed E-state index contributed by atoms with van der Waals surface area (Å²) < 4.78 is 0. The molecule has 158 valence electrons. The van der Waals surface area contributed by atoms with Gasteiger partial charge in [0.15, 0.2) is 0 Å². The minimum atomic E-state index is -0.257. The molecule has 0 atom stereocenters. The third kappa shape index (κ3) is 5.41. The lowest BCUT2D eigenvalue weighted by molar-refractivity contribution is 0.0755. The number of nitrogens with zero attached hydrogens (tertiary/aromatic N) is 1. The van der Waals surface area contributed by atoms with Gasteiger partial charge in [-0.3, -0.25) is 4.79 Å². The molecule has 0 aliphatic rings. The zero-order valence-corrected chi connectivity index (χ0v) is 17.7. The number of aromatic nitrogens is 1. The van der Waals surface area contributed by atoms with Crippen molar-refractivity contribution in [3.05, 3.63) is 65.9 Å². The first-order valence-electron chi connectivity index (χ1n) is 10.6. The van der Waals surface area contributed by atoms with Crippen molar-refractivity contribution in [2.45, 2.75) is 33.1 Å². The molecule has 0 saturated carbocycles. The molecule has 1 heterocycles. The number of aromatic amines is 1. The molecule has 6 nitrogen and oxygen atoms in total. The third-order valence-electron chi connectivity index (χ3n) is 5.02. The highest BCUT2D eigenvalue weighted by molar-refractivity contribution is 5.95. The molecular formula is C24H30N4O2. The Morgan fingerprint density at radius 1 is 0.967 bits per heavy atom. The molecule has 0 bridgehead atoms. The van der Waals surface area contributed by atoms with Crippen molar-refractivity contribution in [1.29, 1.82) is 0 Å². The lowest BCUT2D eigenvalue weighted by atomic mass is 10.1. The predicted molar refractivity (Wildman–Crippen MR) is 122 cm³/mol. The Kier molecular flexibility index (Phi) is 7.49. The van der Waals surface area contributed by atoms with Crippen LogP contribution in [0.4, 0.5) is 10.5 Å². The molecule has 0 aliphatic carbocycles. The number of amides is 3. The normalized spacial score (nSPS) is 10.7. The second-order valence-corrected chi connectivity index (χ2v) is 7.36. The van der Waals surface area contributed by atoms with E-state index in [1.54, 1.807) is 24.3 Å². The number of para-hydroxylation sites is 1. The molecule has 3 aromatic rings. The molecule has 1 aromatic heterocycles. The van der Waals surface area contributed by atoms with Crippen molar-refractivity contribution in [3.8, 4) is 0 Å². The molecule has 0 unspecified atom stereocenters. The molecule has 3 N–H and O–H groups in total. The van der Waals surface area contributed by atoms with Gasteiger partial charge >= 0.3 is 6.03 Å². The Morgan fingerprint density at radius 3 is 2.37 bits per heavy atom. The fourth-order valence-corrected chi connectivity index (χ4v) is 3.56. The van der Waals surface area contributed by atoms with Gasteiger partial charge in [0.05, 0.1) is 0 Å². The van der Waals surface area contributed by atoms with Crippen LogP contribution in [0.1, 0.15) is 42.6 Å². The monoisotopic (exact) mass is 406 g/mol. The number of urea groups is 1. The first kappa shape index (κ1) is 21.4.